The summed E-state index contributed by atoms with van der Waals surface area (Å²) in [5.74, 6) is 2.27. The second-order valence-electron chi connectivity index (χ2n) is 5.83. The summed E-state index contributed by atoms with van der Waals surface area (Å²) >= 11 is 1.74. The molecule has 0 atom stereocenters. The number of carbonyl (C=O) groups excluding carboxylic acids is 1. The summed E-state index contributed by atoms with van der Waals surface area (Å²) < 4.78 is 28.2. The molecule has 0 heterocycles. The van der Waals surface area contributed by atoms with Gasteiger partial charge < -0.3 is 22.8 Å². The lowest BCUT2D eigenvalue weighted by Gasteiger charge is -2.28. The SMILES string of the molecule is CCO[Si](CCCSCCC(=O)OCCOc1ccccc1)(OCC)OCC. The number of para-hydroxylation sites is 1. The van der Waals surface area contributed by atoms with Crippen LogP contribution in [0.3, 0.4) is 0 Å². The molecule has 6 nitrogen and oxygen atoms in total. The summed E-state index contributed by atoms with van der Waals surface area (Å²) in [6.45, 7) is 8.31. The van der Waals surface area contributed by atoms with E-state index in [1.165, 1.54) is 0 Å². The normalized spacial score (nSPS) is 11.4. The van der Waals surface area contributed by atoms with E-state index >= 15 is 0 Å². The smallest absolute Gasteiger partial charge is 0.490 e. The largest absolute Gasteiger partial charge is 0.500 e. The molecule has 0 radical (unpaired) electrons. The fraction of sp³-hybridized carbons (Fsp3) is 0.650. The topological polar surface area (TPSA) is 63.2 Å². The van der Waals surface area contributed by atoms with Crippen LogP contribution in [0.1, 0.15) is 33.6 Å². The Morgan fingerprint density at radius 2 is 1.57 bits per heavy atom. The number of hydrogen-bond donors (Lipinski definition) is 0. The van der Waals surface area contributed by atoms with Crippen molar-refractivity contribution in [3.8, 4) is 5.75 Å². The van der Waals surface area contributed by atoms with Crippen LogP contribution in [0.25, 0.3) is 0 Å². The van der Waals surface area contributed by atoms with Gasteiger partial charge in [0.05, 0.1) is 6.42 Å². The quantitative estimate of drug-likeness (QED) is 0.209. The second kappa shape index (κ2) is 15.8. The van der Waals surface area contributed by atoms with Gasteiger partial charge in [-0.05, 0) is 45.1 Å². The van der Waals surface area contributed by atoms with Gasteiger partial charge in [-0.25, -0.2) is 0 Å². The van der Waals surface area contributed by atoms with Gasteiger partial charge in [-0.15, -0.1) is 0 Å². The summed E-state index contributed by atoms with van der Waals surface area (Å²) in [7, 11) is -2.55. The van der Waals surface area contributed by atoms with Crippen molar-refractivity contribution >= 4 is 26.5 Å². The molecule has 1 aromatic rings. The van der Waals surface area contributed by atoms with E-state index in [2.05, 4.69) is 0 Å². The third-order valence-electron chi connectivity index (χ3n) is 3.67. The number of rotatable bonds is 17. The molecule has 0 saturated heterocycles. The van der Waals surface area contributed by atoms with Gasteiger partial charge in [-0.3, -0.25) is 4.79 Å². The van der Waals surface area contributed by atoms with Crippen LogP contribution < -0.4 is 4.74 Å². The average Bonchev–Trinajstić information content (AvgIpc) is 2.69. The van der Waals surface area contributed by atoms with Crippen LogP contribution in [-0.2, 0) is 22.8 Å². The fourth-order valence-corrected chi connectivity index (χ4v) is 6.29. The Kier molecular flexibility index (Phi) is 14.1. The van der Waals surface area contributed by atoms with E-state index in [1.54, 1.807) is 11.8 Å². The first kappa shape index (κ1) is 25.0. The number of benzene rings is 1. The molecule has 0 unspecified atom stereocenters. The first-order valence-electron chi connectivity index (χ1n) is 9.98. The first-order valence-corrected chi connectivity index (χ1v) is 13.1. The molecule has 0 aliphatic heterocycles. The zero-order chi connectivity index (χ0) is 20.5. The number of ether oxygens (including phenoxy) is 2. The highest BCUT2D eigenvalue weighted by Crippen LogP contribution is 2.20. The second-order valence-corrected chi connectivity index (χ2v) is 9.79. The standard InChI is InChI=1S/C20H34O6SSi/c1-4-24-28(25-5-2,26-6-3)18-10-16-27-17-13-20(21)23-15-14-22-19-11-8-7-9-12-19/h7-9,11-12H,4-6,10,13-18H2,1-3H3. The van der Waals surface area contributed by atoms with E-state index in [0.717, 1.165) is 29.7 Å². The number of esters is 1. The van der Waals surface area contributed by atoms with Crippen molar-refractivity contribution < 1.29 is 27.5 Å². The minimum atomic E-state index is -2.55. The Balaban J connectivity index is 2.09. The Hall–Kier alpha value is -1.06. The predicted molar refractivity (Wildman–Crippen MR) is 115 cm³/mol. The number of carbonyl (C=O) groups is 1. The van der Waals surface area contributed by atoms with E-state index in [1.807, 2.05) is 51.1 Å². The lowest BCUT2D eigenvalue weighted by Crippen LogP contribution is -2.46. The summed E-state index contributed by atoms with van der Waals surface area (Å²) in [5.41, 5.74) is 0. The van der Waals surface area contributed by atoms with Crippen LogP contribution in [-0.4, -0.2) is 59.3 Å². The summed E-state index contributed by atoms with van der Waals surface area (Å²) in [6, 6.07) is 10.3. The Bertz CT molecular complexity index is 500. The van der Waals surface area contributed by atoms with Crippen molar-refractivity contribution in [2.24, 2.45) is 0 Å². The molecule has 0 saturated carbocycles. The Labute approximate surface area is 174 Å². The third kappa shape index (κ3) is 11.1. The molecule has 8 heteroatoms. The molecule has 1 aromatic carbocycles. The van der Waals surface area contributed by atoms with Crippen molar-refractivity contribution in [2.75, 3.05) is 44.5 Å². The molecule has 0 fully saturated rings. The molecule has 1 rings (SSSR count). The molecule has 0 bridgehead atoms. The molecular weight excluding hydrogens is 396 g/mol. The van der Waals surface area contributed by atoms with Gasteiger partial charge in [-0.2, -0.15) is 11.8 Å². The molecule has 0 spiro atoms. The van der Waals surface area contributed by atoms with Crippen molar-refractivity contribution in [1.82, 2.24) is 0 Å². The summed E-state index contributed by atoms with van der Waals surface area (Å²) in [6.07, 6.45) is 1.35. The van der Waals surface area contributed by atoms with Gasteiger partial charge in [0.1, 0.15) is 19.0 Å². The van der Waals surface area contributed by atoms with Crippen LogP contribution in [0, 0.1) is 0 Å². The lowest BCUT2D eigenvalue weighted by molar-refractivity contribution is -0.143. The average molecular weight is 431 g/mol. The minimum Gasteiger partial charge on any atom is -0.490 e. The van der Waals surface area contributed by atoms with Gasteiger partial charge >= 0.3 is 14.8 Å². The summed E-state index contributed by atoms with van der Waals surface area (Å²) in [4.78, 5) is 11.8. The molecule has 160 valence electrons. The van der Waals surface area contributed by atoms with E-state index in [9.17, 15) is 4.79 Å². The Morgan fingerprint density at radius 3 is 2.18 bits per heavy atom. The van der Waals surface area contributed by atoms with E-state index in [4.69, 9.17) is 22.8 Å². The molecule has 0 N–H and O–H groups in total. The highest BCUT2D eigenvalue weighted by Gasteiger charge is 2.39. The van der Waals surface area contributed by atoms with Crippen molar-refractivity contribution in [3.05, 3.63) is 30.3 Å². The van der Waals surface area contributed by atoms with E-state index < -0.39 is 8.80 Å². The number of thioether (sulfide) groups is 1. The van der Waals surface area contributed by atoms with Gasteiger partial charge in [-0.1, -0.05) is 18.2 Å². The van der Waals surface area contributed by atoms with Crippen molar-refractivity contribution in [3.63, 3.8) is 0 Å². The van der Waals surface area contributed by atoms with Crippen LogP contribution in [0.2, 0.25) is 6.04 Å². The van der Waals surface area contributed by atoms with E-state index in [-0.39, 0.29) is 12.6 Å². The maximum absolute atomic E-state index is 11.8. The highest BCUT2D eigenvalue weighted by molar-refractivity contribution is 7.99. The molecule has 0 aliphatic carbocycles. The van der Waals surface area contributed by atoms with E-state index in [0.29, 0.717) is 32.8 Å². The molecule has 0 amide bonds. The van der Waals surface area contributed by atoms with Gasteiger partial charge in [0.2, 0.25) is 0 Å². The maximum Gasteiger partial charge on any atom is 0.500 e. The lowest BCUT2D eigenvalue weighted by atomic mass is 10.3. The number of hydrogen-bond acceptors (Lipinski definition) is 7. The van der Waals surface area contributed by atoms with Crippen LogP contribution in [0.4, 0.5) is 0 Å². The van der Waals surface area contributed by atoms with Gasteiger partial charge in [0.25, 0.3) is 0 Å². The molecule has 0 aliphatic rings. The molecular formula is C20H34O6SSi. The van der Waals surface area contributed by atoms with Gasteiger partial charge in [0, 0.05) is 31.6 Å². The first-order chi connectivity index (χ1) is 13.7. The van der Waals surface area contributed by atoms with Crippen molar-refractivity contribution in [1.29, 1.82) is 0 Å². The predicted octanol–water partition coefficient (Wildman–Crippen LogP) is 4.17. The highest BCUT2D eigenvalue weighted by atomic mass is 32.2. The minimum absolute atomic E-state index is 0.189. The van der Waals surface area contributed by atoms with Gasteiger partial charge in [0.15, 0.2) is 0 Å². The third-order valence-corrected chi connectivity index (χ3v) is 7.89. The van der Waals surface area contributed by atoms with Crippen LogP contribution in [0.15, 0.2) is 30.3 Å². The Morgan fingerprint density at radius 1 is 0.929 bits per heavy atom. The monoisotopic (exact) mass is 430 g/mol. The molecule has 28 heavy (non-hydrogen) atoms. The fourth-order valence-electron chi connectivity index (χ4n) is 2.55. The van der Waals surface area contributed by atoms with Crippen LogP contribution in [0.5, 0.6) is 5.75 Å². The van der Waals surface area contributed by atoms with Crippen LogP contribution >= 0.6 is 11.8 Å². The molecule has 0 aromatic heterocycles. The zero-order valence-corrected chi connectivity index (χ0v) is 19.1. The maximum atomic E-state index is 11.8. The summed E-state index contributed by atoms with van der Waals surface area (Å²) in [5, 5.41) is 0. The zero-order valence-electron chi connectivity index (χ0n) is 17.3. The van der Waals surface area contributed by atoms with Crippen molar-refractivity contribution in [2.45, 2.75) is 39.7 Å².